The molecule has 3 N–H and O–H groups in total. The molecule has 10 heteroatoms. The summed E-state index contributed by atoms with van der Waals surface area (Å²) in [5.41, 5.74) is 2.35. The van der Waals surface area contributed by atoms with Gasteiger partial charge in [-0.15, -0.1) is 11.3 Å². The molecule has 3 heterocycles. The van der Waals surface area contributed by atoms with E-state index in [9.17, 15) is 9.59 Å². The van der Waals surface area contributed by atoms with Gasteiger partial charge in [0.15, 0.2) is 0 Å². The molecule has 2 amide bonds. The number of H-pyrrole nitrogens is 1. The van der Waals surface area contributed by atoms with Gasteiger partial charge in [0.2, 0.25) is 5.91 Å². The number of hydrogen-bond acceptors (Lipinski definition) is 6. The molecule has 0 radical (unpaired) electrons. The van der Waals surface area contributed by atoms with Crippen LogP contribution in [0.2, 0.25) is 0 Å². The van der Waals surface area contributed by atoms with Gasteiger partial charge in [0.1, 0.15) is 11.9 Å². The molecular weight excluding hydrogens is 470 g/mol. The largest absolute Gasteiger partial charge is 0.379 e. The normalized spacial score (nSPS) is 15.8. The highest BCUT2D eigenvalue weighted by Gasteiger charge is 2.18. The summed E-state index contributed by atoms with van der Waals surface area (Å²) >= 11 is 4.65. The van der Waals surface area contributed by atoms with E-state index in [0.717, 1.165) is 53.5 Å². The summed E-state index contributed by atoms with van der Waals surface area (Å²) in [5, 5.41) is 5.57. The van der Waals surface area contributed by atoms with Gasteiger partial charge in [0.25, 0.3) is 5.91 Å². The summed E-state index contributed by atoms with van der Waals surface area (Å²) in [6.07, 6.45) is 0. The summed E-state index contributed by atoms with van der Waals surface area (Å²) in [5.74, 6) is 0.328. The minimum Gasteiger partial charge on any atom is -0.379 e. The lowest BCUT2D eigenvalue weighted by atomic mass is 10.2. The molecule has 3 aromatic rings. The van der Waals surface area contributed by atoms with Gasteiger partial charge in [-0.3, -0.25) is 14.5 Å². The fraction of sp³-hybridized carbons (Fsp3) is 0.350. The first kappa shape index (κ1) is 21.0. The maximum atomic E-state index is 12.5. The zero-order valence-corrected chi connectivity index (χ0v) is 18.8. The number of aromatic amines is 1. The third-order valence-electron chi connectivity index (χ3n) is 4.81. The van der Waals surface area contributed by atoms with E-state index in [1.54, 1.807) is 19.1 Å². The maximum Gasteiger partial charge on any atom is 0.262 e. The molecular formula is C20H22BrN5O3S. The molecule has 30 heavy (non-hydrogen) atoms. The van der Waals surface area contributed by atoms with Crippen molar-refractivity contribution in [3.05, 3.63) is 44.8 Å². The van der Waals surface area contributed by atoms with Gasteiger partial charge in [0, 0.05) is 18.8 Å². The lowest BCUT2D eigenvalue weighted by Crippen LogP contribution is -2.41. The predicted octanol–water partition coefficient (Wildman–Crippen LogP) is 2.98. The third-order valence-corrected chi connectivity index (χ3v) is 6.44. The van der Waals surface area contributed by atoms with Crippen LogP contribution in [-0.2, 0) is 16.1 Å². The van der Waals surface area contributed by atoms with Crippen molar-refractivity contribution in [2.45, 2.75) is 19.5 Å². The van der Waals surface area contributed by atoms with Crippen LogP contribution in [0, 0.1) is 0 Å². The van der Waals surface area contributed by atoms with Crippen molar-refractivity contribution in [3.8, 4) is 0 Å². The second-order valence-electron chi connectivity index (χ2n) is 7.09. The molecule has 2 aromatic heterocycles. The second-order valence-corrected chi connectivity index (χ2v) is 9.56. The molecule has 1 unspecified atom stereocenters. The van der Waals surface area contributed by atoms with Crippen molar-refractivity contribution in [1.82, 2.24) is 20.2 Å². The Morgan fingerprint density at radius 1 is 1.30 bits per heavy atom. The number of nitrogens with one attached hydrogen (secondary N) is 3. The molecule has 0 saturated carbocycles. The summed E-state index contributed by atoms with van der Waals surface area (Å²) in [6, 6.07) is 8.38. The standard InChI is InChI=1S/C20H22BrN5O3S/c1-12(22-20(28)16-4-5-17(21)30-16)19(27)23-13-2-3-14-15(10-13)25-18(24-14)11-26-6-8-29-9-7-26/h2-5,10,12H,6-9,11H2,1H3,(H,22,28)(H,23,27)(H,24,25). The molecule has 1 atom stereocenters. The number of thiophene rings is 1. The monoisotopic (exact) mass is 491 g/mol. The van der Waals surface area contributed by atoms with Crippen LogP contribution in [0.3, 0.4) is 0 Å². The number of benzene rings is 1. The van der Waals surface area contributed by atoms with Gasteiger partial charge >= 0.3 is 0 Å². The fourth-order valence-corrected chi connectivity index (χ4v) is 4.50. The lowest BCUT2D eigenvalue weighted by Gasteiger charge is -2.25. The molecule has 0 spiro atoms. The van der Waals surface area contributed by atoms with Crippen molar-refractivity contribution < 1.29 is 14.3 Å². The second kappa shape index (κ2) is 9.25. The molecule has 1 aliphatic heterocycles. The highest BCUT2D eigenvalue weighted by molar-refractivity contribution is 9.11. The van der Waals surface area contributed by atoms with Gasteiger partial charge in [-0.05, 0) is 53.2 Å². The van der Waals surface area contributed by atoms with Gasteiger partial charge in [0.05, 0.1) is 39.5 Å². The smallest absolute Gasteiger partial charge is 0.262 e. The zero-order chi connectivity index (χ0) is 21.1. The van der Waals surface area contributed by atoms with Crippen LogP contribution in [-0.4, -0.2) is 59.0 Å². The molecule has 0 aliphatic carbocycles. The van der Waals surface area contributed by atoms with E-state index >= 15 is 0 Å². The van der Waals surface area contributed by atoms with E-state index in [1.165, 1.54) is 11.3 Å². The first-order valence-electron chi connectivity index (χ1n) is 9.64. The minimum absolute atomic E-state index is 0.273. The lowest BCUT2D eigenvalue weighted by molar-refractivity contribution is -0.117. The number of anilines is 1. The van der Waals surface area contributed by atoms with E-state index in [2.05, 4.69) is 41.4 Å². The Bertz CT molecular complexity index is 1060. The number of carbonyl (C=O) groups excluding carboxylic acids is 2. The number of morpholine rings is 1. The predicted molar refractivity (Wildman–Crippen MR) is 120 cm³/mol. The number of halogens is 1. The number of hydrogen-bond donors (Lipinski definition) is 3. The van der Waals surface area contributed by atoms with Crippen LogP contribution in [0.15, 0.2) is 34.1 Å². The SMILES string of the molecule is CC(NC(=O)c1ccc(Br)s1)C(=O)Nc1ccc2nc(CN3CCOCC3)[nH]c2c1. The van der Waals surface area contributed by atoms with Crippen molar-refractivity contribution in [3.63, 3.8) is 0 Å². The summed E-state index contributed by atoms with van der Waals surface area (Å²) in [6.45, 7) is 5.67. The summed E-state index contributed by atoms with van der Waals surface area (Å²) < 4.78 is 6.24. The number of rotatable bonds is 6. The van der Waals surface area contributed by atoms with Crippen LogP contribution in [0.5, 0.6) is 0 Å². The molecule has 1 fully saturated rings. The quantitative estimate of drug-likeness (QED) is 0.492. The Hall–Kier alpha value is -2.27. The number of aromatic nitrogens is 2. The summed E-state index contributed by atoms with van der Waals surface area (Å²) in [4.78, 5) is 35.5. The molecule has 1 aromatic carbocycles. The number of ether oxygens (including phenoxy) is 1. The molecule has 1 aliphatic rings. The average Bonchev–Trinajstić information content (AvgIpc) is 3.34. The number of nitrogens with zero attached hydrogens (tertiary/aromatic N) is 2. The van der Waals surface area contributed by atoms with Crippen LogP contribution < -0.4 is 10.6 Å². The first-order valence-corrected chi connectivity index (χ1v) is 11.2. The first-order chi connectivity index (χ1) is 14.5. The van der Waals surface area contributed by atoms with Crippen LogP contribution >= 0.6 is 27.3 Å². The molecule has 158 valence electrons. The van der Waals surface area contributed by atoms with E-state index < -0.39 is 6.04 Å². The van der Waals surface area contributed by atoms with Crippen LogP contribution in [0.25, 0.3) is 11.0 Å². The van der Waals surface area contributed by atoms with Gasteiger partial charge < -0.3 is 20.4 Å². The molecule has 1 saturated heterocycles. The number of carbonyl (C=O) groups is 2. The number of imidazole rings is 1. The van der Waals surface area contributed by atoms with Crippen molar-refractivity contribution in [1.29, 1.82) is 0 Å². The fourth-order valence-electron chi connectivity index (χ4n) is 3.21. The van der Waals surface area contributed by atoms with E-state index in [-0.39, 0.29) is 11.8 Å². The highest BCUT2D eigenvalue weighted by Crippen LogP contribution is 2.22. The minimum atomic E-state index is -0.673. The third kappa shape index (κ3) is 5.07. The number of amides is 2. The average molecular weight is 492 g/mol. The topological polar surface area (TPSA) is 99.3 Å². The maximum absolute atomic E-state index is 12.5. The molecule has 0 bridgehead atoms. The summed E-state index contributed by atoms with van der Waals surface area (Å²) in [7, 11) is 0. The molecule has 8 nitrogen and oxygen atoms in total. The van der Waals surface area contributed by atoms with Crippen molar-refractivity contribution >= 4 is 55.8 Å². The number of fused-ring (bicyclic) bond motifs is 1. The van der Waals surface area contributed by atoms with Crippen molar-refractivity contribution in [2.24, 2.45) is 0 Å². The Morgan fingerprint density at radius 3 is 2.83 bits per heavy atom. The van der Waals surface area contributed by atoms with E-state index in [1.807, 2.05) is 18.2 Å². The Morgan fingerprint density at radius 2 is 2.10 bits per heavy atom. The van der Waals surface area contributed by atoms with Gasteiger partial charge in [-0.2, -0.15) is 0 Å². The van der Waals surface area contributed by atoms with Crippen LogP contribution in [0.4, 0.5) is 5.69 Å². The molecule has 4 rings (SSSR count). The van der Waals surface area contributed by atoms with Crippen LogP contribution in [0.1, 0.15) is 22.4 Å². The Balaban J connectivity index is 1.37. The van der Waals surface area contributed by atoms with Crippen molar-refractivity contribution in [2.75, 3.05) is 31.6 Å². The highest BCUT2D eigenvalue weighted by atomic mass is 79.9. The zero-order valence-electron chi connectivity index (χ0n) is 16.4. The Kier molecular flexibility index (Phi) is 6.47. The van der Waals surface area contributed by atoms with E-state index in [4.69, 9.17) is 4.74 Å². The van der Waals surface area contributed by atoms with Gasteiger partial charge in [-0.1, -0.05) is 0 Å². The Labute approximate surface area is 186 Å². The van der Waals surface area contributed by atoms with Gasteiger partial charge in [-0.25, -0.2) is 4.98 Å². The van der Waals surface area contributed by atoms with E-state index in [0.29, 0.717) is 10.6 Å².